The highest BCUT2D eigenvalue weighted by molar-refractivity contribution is 9.11. The van der Waals surface area contributed by atoms with Gasteiger partial charge in [0.2, 0.25) is 5.91 Å². The molecule has 0 aromatic carbocycles. The van der Waals surface area contributed by atoms with Crippen molar-refractivity contribution in [1.29, 1.82) is 0 Å². The van der Waals surface area contributed by atoms with Crippen molar-refractivity contribution in [1.82, 2.24) is 9.88 Å². The van der Waals surface area contributed by atoms with E-state index in [0.717, 1.165) is 40.7 Å². The highest BCUT2D eigenvalue weighted by Gasteiger charge is 2.20. The van der Waals surface area contributed by atoms with Gasteiger partial charge in [-0.25, -0.2) is 4.98 Å². The van der Waals surface area contributed by atoms with Crippen molar-refractivity contribution in [2.45, 2.75) is 18.9 Å². The number of aromatic nitrogens is 1. The molecule has 19 heavy (non-hydrogen) atoms. The molecule has 1 saturated heterocycles. The van der Waals surface area contributed by atoms with E-state index in [4.69, 9.17) is 5.73 Å². The molecule has 5 nitrogen and oxygen atoms in total. The maximum atomic E-state index is 10.9. The average Bonchev–Trinajstić information content (AvgIpc) is 2.34. The van der Waals surface area contributed by atoms with Crippen LogP contribution in [-0.4, -0.2) is 41.5 Å². The van der Waals surface area contributed by atoms with Gasteiger partial charge in [-0.05, 0) is 50.8 Å². The summed E-state index contributed by atoms with van der Waals surface area (Å²) in [6.07, 6.45) is 3.74. The fraction of sp³-hybridized carbons (Fsp3) is 0.500. The van der Waals surface area contributed by atoms with E-state index in [1.165, 1.54) is 0 Å². The van der Waals surface area contributed by atoms with Crippen LogP contribution in [0, 0.1) is 0 Å². The van der Waals surface area contributed by atoms with E-state index in [-0.39, 0.29) is 5.91 Å². The maximum Gasteiger partial charge on any atom is 0.231 e. The van der Waals surface area contributed by atoms with Crippen LogP contribution in [0.3, 0.4) is 0 Å². The van der Waals surface area contributed by atoms with Crippen LogP contribution < -0.4 is 11.1 Å². The van der Waals surface area contributed by atoms with Crippen molar-refractivity contribution in [2.24, 2.45) is 5.73 Å². The number of carbonyl (C=O) groups is 1. The molecule has 1 aliphatic heterocycles. The lowest BCUT2D eigenvalue weighted by molar-refractivity contribution is -0.119. The van der Waals surface area contributed by atoms with Crippen LogP contribution in [0.25, 0.3) is 0 Å². The standard InChI is InChI=1S/C12H16Br2N4O/c13-8-5-10(14)12(16-6-8)17-9-1-3-18(4-2-9)7-11(15)19/h5-6,9H,1-4,7H2,(H2,15,19)(H,16,17). The first-order valence-electron chi connectivity index (χ1n) is 6.13. The lowest BCUT2D eigenvalue weighted by Gasteiger charge is -2.31. The molecule has 1 fully saturated rings. The molecule has 2 rings (SSSR count). The number of nitrogens with one attached hydrogen (secondary N) is 1. The third-order valence-corrected chi connectivity index (χ3v) is 4.15. The number of likely N-dealkylation sites (tertiary alicyclic amines) is 1. The Morgan fingerprint density at radius 2 is 2.16 bits per heavy atom. The van der Waals surface area contributed by atoms with Crippen molar-refractivity contribution >= 4 is 43.6 Å². The summed E-state index contributed by atoms with van der Waals surface area (Å²) >= 11 is 6.87. The average molecular weight is 392 g/mol. The molecule has 2 heterocycles. The predicted octanol–water partition coefficient (Wildman–Crippen LogP) is 1.97. The quantitative estimate of drug-likeness (QED) is 0.822. The third kappa shape index (κ3) is 4.43. The number of anilines is 1. The largest absolute Gasteiger partial charge is 0.369 e. The van der Waals surface area contributed by atoms with Gasteiger partial charge in [-0.1, -0.05) is 0 Å². The zero-order chi connectivity index (χ0) is 13.8. The van der Waals surface area contributed by atoms with Gasteiger partial charge in [0.25, 0.3) is 0 Å². The normalized spacial score (nSPS) is 17.4. The molecule has 1 aromatic rings. The molecule has 1 aliphatic rings. The second-order valence-corrected chi connectivity index (χ2v) is 6.42. The Morgan fingerprint density at radius 1 is 1.47 bits per heavy atom. The van der Waals surface area contributed by atoms with E-state index in [0.29, 0.717) is 12.6 Å². The summed E-state index contributed by atoms with van der Waals surface area (Å²) in [4.78, 5) is 17.3. The topological polar surface area (TPSA) is 71.2 Å². The van der Waals surface area contributed by atoms with Crippen molar-refractivity contribution < 1.29 is 4.79 Å². The van der Waals surface area contributed by atoms with Crippen LogP contribution in [0.15, 0.2) is 21.2 Å². The number of hydrogen-bond acceptors (Lipinski definition) is 4. The number of amides is 1. The number of rotatable bonds is 4. The summed E-state index contributed by atoms with van der Waals surface area (Å²) in [6, 6.07) is 2.35. The summed E-state index contributed by atoms with van der Waals surface area (Å²) in [7, 11) is 0. The summed E-state index contributed by atoms with van der Waals surface area (Å²) in [5.41, 5.74) is 5.20. The summed E-state index contributed by atoms with van der Waals surface area (Å²) < 4.78 is 1.89. The molecule has 0 spiro atoms. The van der Waals surface area contributed by atoms with Gasteiger partial charge in [-0.3, -0.25) is 9.69 Å². The van der Waals surface area contributed by atoms with Crippen LogP contribution in [0.2, 0.25) is 0 Å². The zero-order valence-corrected chi connectivity index (χ0v) is 13.6. The number of nitrogens with two attached hydrogens (primary N) is 1. The third-order valence-electron chi connectivity index (χ3n) is 3.12. The molecule has 0 aliphatic carbocycles. The van der Waals surface area contributed by atoms with Gasteiger partial charge in [-0.15, -0.1) is 0 Å². The fourth-order valence-electron chi connectivity index (χ4n) is 2.17. The lowest BCUT2D eigenvalue weighted by Crippen LogP contribution is -2.43. The first-order valence-corrected chi connectivity index (χ1v) is 7.71. The molecular weight excluding hydrogens is 376 g/mol. The van der Waals surface area contributed by atoms with Crippen LogP contribution >= 0.6 is 31.9 Å². The Bertz CT molecular complexity index is 461. The number of carbonyl (C=O) groups excluding carboxylic acids is 1. The van der Waals surface area contributed by atoms with E-state index < -0.39 is 0 Å². The molecular formula is C12H16Br2N4O. The van der Waals surface area contributed by atoms with Gasteiger partial charge in [0.1, 0.15) is 5.82 Å². The minimum atomic E-state index is -0.260. The van der Waals surface area contributed by atoms with E-state index in [1.54, 1.807) is 6.20 Å². The smallest absolute Gasteiger partial charge is 0.231 e. The van der Waals surface area contributed by atoms with Gasteiger partial charge >= 0.3 is 0 Å². The SMILES string of the molecule is NC(=O)CN1CCC(Nc2ncc(Br)cc2Br)CC1. The van der Waals surface area contributed by atoms with E-state index in [9.17, 15) is 4.79 Å². The second kappa shape index (κ2) is 6.67. The Balaban J connectivity index is 1.87. The van der Waals surface area contributed by atoms with Gasteiger partial charge in [-0.2, -0.15) is 0 Å². The van der Waals surface area contributed by atoms with Crippen molar-refractivity contribution in [3.05, 3.63) is 21.2 Å². The Morgan fingerprint density at radius 3 is 2.74 bits per heavy atom. The minimum absolute atomic E-state index is 0.260. The molecule has 1 amide bonds. The molecule has 1 aromatic heterocycles. The lowest BCUT2D eigenvalue weighted by atomic mass is 10.1. The fourth-order valence-corrected chi connectivity index (χ4v) is 3.27. The summed E-state index contributed by atoms with van der Waals surface area (Å²) in [6.45, 7) is 2.12. The molecule has 3 N–H and O–H groups in total. The van der Waals surface area contributed by atoms with Crippen LogP contribution in [0.4, 0.5) is 5.82 Å². The summed E-state index contributed by atoms with van der Waals surface area (Å²) in [5.74, 6) is 0.597. The zero-order valence-electron chi connectivity index (χ0n) is 10.4. The first kappa shape index (κ1) is 14.7. The second-order valence-electron chi connectivity index (χ2n) is 4.65. The minimum Gasteiger partial charge on any atom is -0.369 e. The van der Waals surface area contributed by atoms with E-state index in [1.807, 2.05) is 6.07 Å². The number of pyridine rings is 1. The monoisotopic (exact) mass is 390 g/mol. The number of primary amides is 1. The van der Waals surface area contributed by atoms with Gasteiger partial charge in [0, 0.05) is 29.8 Å². The highest BCUT2D eigenvalue weighted by atomic mass is 79.9. The van der Waals surface area contributed by atoms with Crippen molar-refractivity contribution in [2.75, 3.05) is 25.0 Å². The van der Waals surface area contributed by atoms with Gasteiger partial charge in [0.05, 0.1) is 11.0 Å². The number of nitrogens with zero attached hydrogens (tertiary/aromatic N) is 2. The Kier molecular flexibility index (Phi) is 5.18. The van der Waals surface area contributed by atoms with Crippen molar-refractivity contribution in [3.8, 4) is 0 Å². The molecule has 104 valence electrons. The molecule has 0 radical (unpaired) electrons. The van der Waals surface area contributed by atoms with Crippen molar-refractivity contribution in [3.63, 3.8) is 0 Å². The number of halogens is 2. The predicted molar refractivity (Wildman–Crippen MR) is 81.9 cm³/mol. The maximum absolute atomic E-state index is 10.9. The van der Waals surface area contributed by atoms with Gasteiger partial charge in [0.15, 0.2) is 0 Å². The summed E-state index contributed by atoms with van der Waals surface area (Å²) in [5, 5.41) is 3.43. The van der Waals surface area contributed by atoms with Crippen LogP contribution in [0.5, 0.6) is 0 Å². The molecule has 0 bridgehead atoms. The van der Waals surface area contributed by atoms with E-state index in [2.05, 4.69) is 47.1 Å². The van der Waals surface area contributed by atoms with E-state index >= 15 is 0 Å². The molecule has 0 atom stereocenters. The highest BCUT2D eigenvalue weighted by Crippen LogP contribution is 2.25. The Labute approximate surface area is 129 Å². The molecule has 7 heteroatoms. The van der Waals surface area contributed by atoms with Gasteiger partial charge < -0.3 is 11.1 Å². The molecule has 0 saturated carbocycles. The van der Waals surface area contributed by atoms with Crippen LogP contribution in [-0.2, 0) is 4.79 Å². The first-order chi connectivity index (χ1) is 9.04. The number of hydrogen-bond donors (Lipinski definition) is 2. The van der Waals surface area contributed by atoms with Crippen LogP contribution in [0.1, 0.15) is 12.8 Å². The number of piperidine rings is 1. The Hall–Kier alpha value is -0.660. The molecule has 0 unspecified atom stereocenters.